The van der Waals surface area contributed by atoms with Crippen molar-refractivity contribution in [1.82, 2.24) is 0 Å². The van der Waals surface area contributed by atoms with Gasteiger partial charge < -0.3 is 44.4 Å². The lowest BCUT2D eigenvalue weighted by Gasteiger charge is -2.32. The summed E-state index contributed by atoms with van der Waals surface area (Å²) < 4.78 is 44.4. The summed E-state index contributed by atoms with van der Waals surface area (Å²) in [5, 5.41) is 18.3. The van der Waals surface area contributed by atoms with Crippen LogP contribution in [-0.4, -0.2) is 76.9 Å². The minimum absolute atomic E-state index is 0.431. The van der Waals surface area contributed by atoms with Crippen molar-refractivity contribution in [3.8, 4) is 0 Å². The van der Waals surface area contributed by atoms with E-state index in [1.54, 1.807) is 0 Å². The van der Waals surface area contributed by atoms with Gasteiger partial charge >= 0.3 is 23.5 Å². The van der Waals surface area contributed by atoms with Gasteiger partial charge in [-0.05, 0) is 0 Å². The normalized spacial score (nSPS) is 18.7. The lowest BCUT2D eigenvalue weighted by atomic mass is 10.0. The van der Waals surface area contributed by atoms with Gasteiger partial charge in [0.15, 0.2) is 12.4 Å². The Balaban J connectivity index is 5.91. The Kier molecular flexibility index (Phi) is 9.00. The summed E-state index contributed by atoms with van der Waals surface area (Å²) in [6.07, 6.45) is -10.4. The van der Waals surface area contributed by atoms with Crippen LogP contribution >= 0.6 is 23.5 Å². The lowest BCUT2D eigenvalue weighted by molar-refractivity contribution is -0.131. The van der Waals surface area contributed by atoms with Crippen molar-refractivity contribution in [1.29, 1.82) is 0 Å². The molecule has 0 radical (unpaired) electrons. The van der Waals surface area contributed by atoms with Gasteiger partial charge in [-0.1, -0.05) is 0 Å². The first kappa shape index (κ1) is 23.9. The Hall–Kier alpha value is -0.0800. The number of hydrogen-bond acceptors (Lipinski definition) is 9. The zero-order chi connectivity index (χ0) is 19.3. The van der Waals surface area contributed by atoms with Crippen molar-refractivity contribution < 1.29 is 71.6 Å². The smallest absolute Gasteiger partial charge is 0.394 e. The maximum absolute atomic E-state index is 10.9. The van der Waals surface area contributed by atoms with Crippen LogP contribution in [0.25, 0.3) is 0 Å². The molecule has 0 aliphatic rings. The molecule has 0 aliphatic carbocycles. The highest BCUT2D eigenvalue weighted by molar-refractivity contribution is 7.47. The maximum Gasteiger partial charge on any atom is 0.470 e. The van der Waals surface area contributed by atoms with Gasteiger partial charge in [-0.2, -0.15) is 0 Å². The molecule has 0 aliphatic heterocycles. The molecule has 0 aromatic rings. The highest BCUT2D eigenvalue weighted by Gasteiger charge is 2.45. The van der Waals surface area contributed by atoms with E-state index in [-0.39, 0.29) is 0 Å². The van der Waals surface area contributed by atoms with Crippen LogP contribution in [0.2, 0.25) is 0 Å². The molecule has 0 saturated heterocycles. The summed E-state index contributed by atoms with van der Waals surface area (Å²) in [6, 6.07) is 0. The second kappa shape index (κ2) is 9.03. The standard InChI is InChI=1S/C6H15O15P3/c7-1-3(9)5(20-23(13,14)15)6(21-24(16,17)18)4(2-8)19-22(10,11)12/h2-7,9H,1H2,(H2,10,11,12)(H2,13,14,15)(H2,16,17,18)/t3-,4+,5-,6+/m1/s1. The molecule has 4 atom stereocenters. The second-order valence-corrected chi connectivity index (χ2v) is 7.64. The van der Waals surface area contributed by atoms with E-state index in [0.29, 0.717) is 0 Å². The second-order valence-electron chi connectivity index (χ2n) is 4.07. The van der Waals surface area contributed by atoms with Crippen LogP contribution in [-0.2, 0) is 32.1 Å². The van der Waals surface area contributed by atoms with Crippen molar-refractivity contribution in [2.24, 2.45) is 0 Å². The number of aliphatic hydroxyl groups is 2. The third-order valence-corrected chi connectivity index (χ3v) is 3.68. The number of rotatable bonds is 11. The van der Waals surface area contributed by atoms with Gasteiger partial charge in [-0.3, -0.25) is 13.6 Å². The van der Waals surface area contributed by atoms with E-state index in [1.807, 2.05) is 0 Å². The quantitative estimate of drug-likeness (QED) is 0.122. The zero-order valence-electron chi connectivity index (χ0n) is 11.4. The van der Waals surface area contributed by atoms with Crippen LogP contribution in [0.15, 0.2) is 0 Å². The first-order valence-electron chi connectivity index (χ1n) is 5.55. The largest absolute Gasteiger partial charge is 0.470 e. The number of phosphoric ester groups is 3. The minimum Gasteiger partial charge on any atom is -0.394 e. The first-order valence-corrected chi connectivity index (χ1v) is 10.1. The summed E-state index contributed by atoms with van der Waals surface area (Å²) in [7, 11) is -16.5. The maximum atomic E-state index is 10.9. The van der Waals surface area contributed by atoms with Crippen LogP contribution in [0.5, 0.6) is 0 Å². The highest BCUT2D eigenvalue weighted by atomic mass is 31.2. The molecule has 0 heterocycles. The summed E-state index contributed by atoms with van der Waals surface area (Å²) in [5.74, 6) is 0. The van der Waals surface area contributed by atoms with Gasteiger partial charge in [0.25, 0.3) is 0 Å². The number of aliphatic hydroxyl groups excluding tert-OH is 2. The molecule has 0 spiro atoms. The van der Waals surface area contributed by atoms with Crippen molar-refractivity contribution in [2.75, 3.05) is 6.61 Å². The van der Waals surface area contributed by atoms with Gasteiger partial charge in [0.2, 0.25) is 0 Å². The van der Waals surface area contributed by atoms with Crippen LogP contribution in [0, 0.1) is 0 Å². The van der Waals surface area contributed by atoms with Crippen molar-refractivity contribution >= 4 is 29.8 Å². The summed E-state index contributed by atoms with van der Waals surface area (Å²) in [5.41, 5.74) is 0. The van der Waals surface area contributed by atoms with Gasteiger partial charge in [-0.25, -0.2) is 13.7 Å². The highest BCUT2D eigenvalue weighted by Crippen LogP contribution is 2.46. The molecule has 18 heteroatoms. The topological polar surface area (TPSA) is 258 Å². The van der Waals surface area contributed by atoms with E-state index < -0.39 is 60.8 Å². The fraction of sp³-hybridized carbons (Fsp3) is 0.833. The number of carbonyl (C=O) groups excluding carboxylic acids is 1. The van der Waals surface area contributed by atoms with E-state index in [1.165, 1.54) is 0 Å². The van der Waals surface area contributed by atoms with Crippen LogP contribution in [0.3, 0.4) is 0 Å². The predicted octanol–water partition coefficient (Wildman–Crippen LogP) is -3.03. The number of phosphoric acid groups is 3. The van der Waals surface area contributed by atoms with E-state index in [0.717, 1.165) is 0 Å². The molecule has 0 unspecified atom stereocenters. The van der Waals surface area contributed by atoms with E-state index in [2.05, 4.69) is 13.6 Å². The molecule has 0 amide bonds. The Morgan fingerprint density at radius 2 is 1.17 bits per heavy atom. The fourth-order valence-corrected chi connectivity index (χ4v) is 3.02. The Morgan fingerprint density at radius 1 is 0.792 bits per heavy atom. The van der Waals surface area contributed by atoms with Gasteiger partial charge in [0.05, 0.1) is 6.61 Å². The number of hydrogen-bond donors (Lipinski definition) is 8. The number of aldehydes is 1. The van der Waals surface area contributed by atoms with Crippen molar-refractivity contribution in [3.63, 3.8) is 0 Å². The minimum atomic E-state index is -5.54. The molecule has 0 aromatic carbocycles. The molecule has 0 bridgehead atoms. The third kappa shape index (κ3) is 10.0. The Bertz CT molecular complexity index is 543. The molecule has 144 valence electrons. The van der Waals surface area contributed by atoms with E-state index in [4.69, 9.17) is 34.5 Å². The molecule has 15 nitrogen and oxygen atoms in total. The Morgan fingerprint density at radius 3 is 1.46 bits per heavy atom. The SMILES string of the molecule is O=C[C@H](OP(=O)(O)O)[C@H](OP(=O)(O)O)[C@H](OP(=O)(O)O)[C@H](O)CO. The Labute approximate surface area is 133 Å². The lowest BCUT2D eigenvalue weighted by Crippen LogP contribution is -2.49. The predicted molar refractivity (Wildman–Crippen MR) is 69.9 cm³/mol. The van der Waals surface area contributed by atoms with Crippen molar-refractivity contribution in [3.05, 3.63) is 0 Å². The monoisotopic (exact) mass is 420 g/mol. The first-order chi connectivity index (χ1) is 10.6. The molecule has 0 saturated carbocycles. The molecular formula is C6H15O15P3. The molecule has 0 aromatic heterocycles. The summed E-state index contributed by atoms with van der Waals surface area (Å²) in [4.78, 5) is 63.2. The molecule has 0 fully saturated rings. The van der Waals surface area contributed by atoms with Crippen LogP contribution in [0.1, 0.15) is 0 Å². The molecular weight excluding hydrogens is 405 g/mol. The summed E-state index contributed by atoms with van der Waals surface area (Å²) >= 11 is 0. The van der Waals surface area contributed by atoms with E-state index >= 15 is 0 Å². The zero-order valence-corrected chi connectivity index (χ0v) is 14.1. The van der Waals surface area contributed by atoms with Crippen molar-refractivity contribution in [2.45, 2.75) is 24.4 Å². The van der Waals surface area contributed by atoms with Gasteiger partial charge in [0, 0.05) is 0 Å². The molecule has 24 heavy (non-hydrogen) atoms. The van der Waals surface area contributed by atoms with Crippen LogP contribution in [0.4, 0.5) is 0 Å². The fourth-order valence-electron chi connectivity index (χ4n) is 1.40. The average molecular weight is 420 g/mol. The van der Waals surface area contributed by atoms with E-state index in [9.17, 15) is 23.6 Å². The molecule has 0 rings (SSSR count). The van der Waals surface area contributed by atoms with Crippen LogP contribution < -0.4 is 0 Å². The number of carbonyl (C=O) groups is 1. The molecule has 8 N–H and O–H groups in total. The third-order valence-electron chi connectivity index (χ3n) is 2.13. The average Bonchev–Trinajstić information content (AvgIpc) is 2.36. The van der Waals surface area contributed by atoms with Gasteiger partial charge in [-0.15, -0.1) is 0 Å². The summed E-state index contributed by atoms with van der Waals surface area (Å²) in [6.45, 7) is -1.30. The van der Waals surface area contributed by atoms with Gasteiger partial charge in [0.1, 0.15) is 18.3 Å².